The van der Waals surface area contributed by atoms with Gasteiger partial charge in [-0.05, 0) is 11.1 Å². The molecule has 0 saturated heterocycles. The first kappa shape index (κ1) is 16.9. The van der Waals surface area contributed by atoms with Gasteiger partial charge in [0.05, 0.1) is 5.97 Å². The van der Waals surface area contributed by atoms with Gasteiger partial charge in [0.25, 0.3) is 0 Å². The molecular formula is C14H10FeO4. The van der Waals surface area contributed by atoms with Gasteiger partial charge in [0.1, 0.15) is 0 Å². The molecule has 0 unspecified atom stereocenters. The van der Waals surface area contributed by atoms with E-state index < -0.39 is 11.9 Å². The van der Waals surface area contributed by atoms with Crippen molar-refractivity contribution in [2.45, 2.75) is 0 Å². The third kappa shape index (κ3) is 6.40. The van der Waals surface area contributed by atoms with Crippen LogP contribution in [0.15, 0.2) is 54.6 Å². The zero-order valence-corrected chi connectivity index (χ0v) is 10.8. The number of aromatic carboxylic acids is 2. The maximum absolute atomic E-state index is 10.2. The fourth-order valence-corrected chi connectivity index (χ4v) is 1.10. The average molecular weight is 298 g/mol. The zero-order chi connectivity index (χ0) is 13.4. The molecule has 5 heteroatoms. The Morgan fingerprint density at radius 1 is 0.947 bits per heavy atom. The summed E-state index contributed by atoms with van der Waals surface area (Å²) in [4.78, 5) is 20.3. The number of hydrogen-bond acceptors (Lipinski definition) is 3. The van der Waals surface area contributed by atoms with Crippen molar-refractivity contribution in [2.75, 3.05) is 0 Å². The van der Waals surface area contributed by atoms with Crippen molar-refractivity contribution >= 4 is 11.9 Å². The van der Waals surface area contributed by atoms with E-state index in [1.165, 1.54) is 24.3 Å². The summed E-state index contributed by atoms with van der Waals surface area (Å²) in [7, 11) is 0. The molecule has 0 aliphatic heterocycles. The van der Waals surface area contributed by atoms with Gasteiger partial charge in [-0.2, -0.15) is 30.3 Å². The second kappa shape index (κ2) is 8.91. The monoisotopic (exact) mass is 298 g/mol. The van der Waals surface area contributed by atoms with Crippen molar-refractivity contribution in [3.05, 3.63) is 71.8 Å². The number of carbonyl (C=O) groups excluding carboxylic acids is 1. The van der Waals surface area contributed by atoms with Crippen LogP contribution in [-0.2, 0) is 17.1 Å². The number of benzene rings is 2. The van der Waals surface area contributed by atoms with Crippen molar-refractivity contribution in [2.24, 2.45) is 0 Å². The third-order valence-corrected chi connectivity index (χ3v) is 1.97. The normalized spacial score (nSPS) is 8.42. The van der Waals surface area contributed by atoms with Crippen molar-refractivity contribution in [1.29, 1.82) is 0 Å². The first-order chi connectivity index (χ1) is 8.61. The van der Waals surface area contributed by atoms with Gasteiger partial charge in [0.15, 0.2) is 0 Å². The summed E-state index contributed by atoms with van der Waals surface area (Å²) < 4.78 is 0. The van der Waals surface area contributed by atoms with Crippen LogP contribution < -0.4 is 5.11 Å². The SMILES string of the molecule is O=C(O)c1cc[c-]cc1.O=C([O-])c1ccccc1.[Fe+2]. The van der Waals surface area contributed by atoms with E-state index in [2.05, 4.69) is 6.07 Å². The minimum absolute atomic E-state index is 0. The fourth-order valence-electron chi connectivity index (χ4n) is 1.10. The molecule has 2 rings (SSSR count). The van der Waals surface area contributed by atoms with E-state index >= 15 is 0 Å². The van der Waals surface area contributed by atoms with E-state index in [1.54, 1.807) is 30.3 Å². The van der Waals surface area contributed by atoms with Crippen LogP contribution in [0.2, 0.25) is 0 Å². The van der Waals surface area contributed by atoms with Gasteiger partial charge < -0.3 is 15.0 Å². The van der Waals surface area contributed by atoms with Crippen LogP contribution in [0.4, 0.5) is 0 Å². The molecule has 4 nitrogen and oxygen atoms in total. The second-order valence-electron chi connectivity index (χ2n) is 3.25. The number of hydrogen-bond donors (Lipinski definition) is 1. The van der Waals surface area contributed by atoms with Crippen LogP contribution in [0.1, 0.15) is 20.7 Å². The van der Waals surface area contributed by atoms with Gasteiger partial charge >= 0.3 is 23.0 Å². The Bertz CT molecular complexity index is 462. The summed E-state index contributed by atoms with van der Waals surface area (Å²) in [6.45, 7) is 0. The largest absolute Gasteiger partial charge is 2.00 e. The Labute approximate surface area is 121 Å². The summed E-state index contributed by atoms with van der Waals surface area (Å²) in [6, 6.07) is 16.9. The minimum atomic E-state index is -1.13. The summed E-state index contributed by atoms with van der Waals surface area (Å²) in [6.07, 6.45) is 0. The summed E-state index contributed by atoms with van der Waals surface area (Å²) in [5.74, 6) is -2.03. The fraction of sp³-hybridized carbons (Fsp3) is 0. The van der Waals surface area contributed by atoms with Gasteiger partial charge in [0, 0.05) is 0 Å². The van der Waals surface area contributed by atoms with E-state index in [-0.39, 0.29) is 22.6 Å². The predicted molar refractivity (Wildman–Crippen MR) is 63.0 cm³/mol. The van der Waals surface area contributed by atoms with E-state index in [0.29, 0.717) is 5.56 Å². The van der Waals surface area contributed by atoms with Gasteiger partial charge in [-0.25, -0.2) is 4.79 Å². The Hall–Kier alpha value is -2.10. The number of rotatable bonds is 2. The Morgan fingerprint density at radius 3 is 1.79 bits per heavy atom. The number of carboxylic acid groups (broad SMARTS) is 2. The second-order valence-corrected chi connectivity index (χ2v) is 3.25. The molecule has 1 N–H and O–H groups in total. The molecule has 0 aromatic heterocycles. The topological polar surface area (TPSA) is 77.4 Å². The molecule has 98 valence electrons. The van der Waals surface area contributed by atoms with Gasteiger partial charge in [0.2, 0.25) is 0 Å². The van der Waals surface area contributed by atoms with E-state index in [9.17, 15) is 14.7 Å². The molecule has 0 aliphatic rings. The molecule has 0 bridgehead atoms. The quantitative estimate of drug-likeness (QED) is 0.668. The molecule has 19 heavy (non-hydrogen) atoms. The first-order valence-electron chi connectivity index (χ1n) is 5.07. The number of carbonyl (C=O) groups is 2. The predicted octanol–water partition coefficient (Wildman–Crippen LogP) is 1.23. The molecule has 0 atom stereocenters. The van der Waals surface area contributed by atoms with Crippen LogP contribution in [0.5, 0.6) is 0 Å². The van der Waals surface area contributed by atoms with Crippen LogP contribution in [0.25, 0.3) is 0 Å². The standard InChI is InChI=1S/C7H6O2.C7H5O2.Fe/c2*8-7(9)6-4-2-1-3-5-6;/h1-5H,(H,8,9);2-5H,(H,8,9);/q;-1;+2/p-1. The van der Waals surface area contributed by atoms with Crippen molar-refractivity contribution in [3.8, 4) is 0 Å². The molecule has 0 fully saturated rings. The Balaban J connectivity index is 0.000000324. The maximum Gasteiger partial charge on any atom is 2.00 e. The van der Waals surface area contributed by atoms with Crippen LogP contribution in [0.3, 0.4) is 0 Å². The van der Waals surface area contributed by atoms with E-state index in [1.807, 2.05) is 0 Å². The smallest absolute Gasteiger partial charge is 0.545 e. The minimum Gasteiger partial charge on any atom is -0.545 e. The first-order valence-corrected chi connectivity index (χ1v) is 5.07. The summed E-state index contributed by atoms with van der Waals surface area (Å²) in [5.41, 5.74) is 0.520. The Morgan fingerprint density at radius 2 is 1.47 bits per heavy atom. The molecule has 0 heterocycles. The number of carboxylic acids is 2. The van der Waals surface area contributed by atoms with Crippen LogP contribution >= 0.6 is 0 Å². The van der Waals surface area contributed by atoms with Crippen LogP contribution in [-0.4, -0.2) is 17.0 Å². The molecule has 2 aromatic carbocycles. The maximum atomic E-state index is 10.2. The summed E-state index contributed by atoms with van der Waals surface area (Å²) >= 11 is 0. The third-order valence-electron chi connectivity index (χ3n) is 1.97. The summed E-state index contributed by atoms with van der Waals surface area (Å²) in [5, 5.41) is 18.5. The molecule has 2 aromatic rings. The van der Waals surface area contributed by atoms with Crippen LogP contribution in [0, 0.1) is 6.07 Å². The molecule has 0 amide bonds. The molecular weight excluding hydrogens is 288 g/mol. The molecule has 0 saturated carbocycles. The van der Waals surface area contributed by atoms with Gasteiger partial charge in [-0.15, -0.1) is 0 Å². The van der Waals surface area contributed by atoms with E-state index in [4.69, 9.17) is 5.11 Å². The van der Waals surface area contributed by atoms with Gasteiger partial charge in [-0.3, -0.25) is 0 Å². The van der Waals surface area contributed by atoms with E-state index in [0.717, 1.165) is 0 Å². The average Bonchev–Trinajstić information content (AvgIpc) is 2.41. The molecule has 0 spiro atoms. The van der Waals surface area contributed by atoms with Crippen molar-refractivity contribution in [3.63, 3.8) is 0 Å². The molecule has 0 radical (unpaired) electrons. The zero-order valence-electron chi connectivity index (χ0n) is 9.72. The van der Waals surface area contributed by atoms with Gasteiger partial charge in [-0.1, -0.05) is 30.3 Å². The molecule has 0 aliphatic carbocycles. The van der Waals surface area contributed by atoms with Crippen molar-refractivity contribution in [1.82, 2.24) is 0 Å². The van der Waals surface area contributed by atoms with Crippen molar-refractivity contribution < 1.29 is 36.9 Å². The Kier molecular flexibility index (Phi) is 7.93.